The molecule has 1 saturated carbocycles. The first kappa shape index (κ1) is 17.3. The van der Waals surface area contributed by atoms with E-state index in [0.29, 0.717) is 36.9 Å². The van der Waals surface area contributed by atoms with Crippen molar-refractivity contribution in [2.45, 2.75) is 37.8 Å². The molecular weight excluding hydrogens is 350 g/mol. The molecule has 1 aliphatic carbocycles. The average Bonchev–Trinajstić information content (AvgIpc) is 3.19. The number of nitrogens with zero attached hydrogens (tertiary/aromatic N) is 1. The Hall–Kier alpha value is -3.13. The van der Waals surface area contributed by atoms with E-state index in [4.69, 9.17) is 4.74 Å². The lowest BCUT2D eigenvalue weighted by molar-refractivity contribution is -0.134. The first-order valence-corrected chi connectivity index (χ1v) is 8.81. The topological polar surface area (TPSA) is 125 Å². The van der Waals surface area contributed by atoms with Crippen molar-refractivity contribution in [2.24, 2.45) is 0 Å². The number of ketones is 1. The highest BCUT2D eigenvalue weighted by Crippen LogP contribution is 2.29. The Balaban J connectivity index is 1.60. The highest BCUT2D eigenvalue weighted by molar-refractivity contribution is 6.26. The van der Waals surface area contributed by atoms with Crippen LogP contribution in [0.15, 0.2) is 41.7 Å². The molecule has 0 amide bonds. The van der Waals surface area contributed by atoms with Gasteiger partial charge in [0.1, 0.15) is 5.65 Å². The maximum atomic E-state index is 12.6. The van der Waals surface area contributed by atoms with Gasteiger partial charge in [-0.25, -0.2) is 9.78 Å². The number of H-pyrrole nitrogens is 1. The Bertz CT molecular complexity index is 967. The van der Waals surface area contributed by atoms with Crippen molar-refractivity contribution in [1.82, 2.24) is 15.3 Å². The van der Waals surface area contributed by atoms with Gasteiger partial charge in [-0.1, -0.05) is 0 Å². The van der Waals surface area contributed by atoms with Crippen molar-refractivity contribution < 1.29 is 24.5 Å². The third-order valence-corrected chi connectivity index (χ3v) is 4.91. The number of aromatic nitrogens is 2. The Morgan fingerprint density at radius 2 is 2.11 bits per heavy atom. The maximum Gasteiger partial charge on any atom is 0.345 e. The molecule has 2 aromatic heterocycles. The van der Waals surface area contributed by atoms with E-state index >= 15 is 0 Å². The molecule has 4 rings (SSSR count). The van der Waals surface area contributed by atoms with Crippen LogP contribution in [-0.4, -0.2) is 44.1 Å². The number of aromatic amines is 1. The fraction of sp³-hybridized carbons (Fsp3) is 0.316. The van der Waals surface area contributed by atoms with Crippen LogP contribution in [-0.2, 0) is 14.3 Å². The maximum absolute atomic E-state index is 12.6. The van der Waals surface area contributed by atoms with Gasteiger partial charge in [0.05, 0.1) is 6.10 Å². The number of carboxylic acid groups (broad SMARTS) is 1. The van der Waals surface area contributed by atoms with E-state index in [1.165, 1.54) is 6.08 Å². The monoisotopic (exact) mass is 369 g/mol. The smallest absolute Gasteiger partial charge is 0.345 e. The van der Waals surface area contributed by atoms with E-state index in [1.54, 1.807) is 18.5 Å². The number of rotatable bonds is 4. The number of Topliss-reactive ketones (excluding diaryl/α,β-unsaturated/α-hetero) is 1. The second-order valence-electron chi connectivity index (χ2n) is 6.74. The number of aliphatic hydroxyl groups excluding tert-OH is 1. The molecule has 140 valence electrons. The van der Waals surface area contributed by atoms with E-state index in [1.807, 2.05) is 6.07 Å². The summed E-state index contributed by atoms with van der Waals surface area (Å²) in [5.41, 5.74) is 0.957. The van der Waals surface area contributed by atoms with E-state index in [9.17, 15) is 19.8 Å². The van der Waals surface area contributed by atoms with Gasteiger partial charge < -0.3 is 25.3 Å². The van der Waals surface area contributed by atoms with Gasteiger partial charge in [-0.15, -0.1) is 0 Å². The van der Waals surface area contributed by atoms with Crippen LogP contribution < -0.4 is 5.32 Å². The van der Waals surface area contributed by atoms with Gasteiger partial charge >= 0.3 is 5.97 Å². The molecular formula is C19H19N3O5. The van der Waals surface area contributed by atoms with Crippen LogP contribution in [0.4, 0.5) is 0 Å². The molecule has 2 aliphatic rings. The van der Waals surface area contributed by atoms with Crippen LogP contribution in [0, 0.1) is 0 Å². The minimum atomic E-state index is -1.33. The van der Waals surface area contributed by atoms with Gasteiger partial charge in [0.15, 0.2) is 11.3 Å². The van der Waals surface area contributed by atoms with Gasteiger partial charge in [0.2, 0.25) is 11.7 Å². The SMILES string of the molecule is O=C(O)C1=C(N[C@H]2CC[C@H](O)CC2)O/C(=C\c2c[nH]c3ncccc23)C1=O. The number of allylic oxidation sites excluding steroid dienone is 1. The molecule has 27 heavy (non-hydrogen) atoms. The summed E-state index contributed by atoms with van der Waals surface area (Å²) in [6.07, 6.45) is 7.16. The molecule has 0 aromatic carbocycles. The lowest BCUT2D eigenvalue weighted by Gasteiger charge is -2.27. The molecule has 0 spiro atoms. The number of carbonyl (C=O) groups is 2. The van der Waals surface area contributed by atoms with E-state index in [-0.39, 0.29) is 23.8 Å². The number of carboxylic acids is 1. The van der Waals surface area contributed by atoms with Crippen LogP contribution in [0.5, 0.6) is 0 Å². The first-order valence-electron chi connectivity index (χ1n) is 8.81. The Kier molecular flexibility index (Phi) is 4.41. The summed E-state index contributed by atoms with van der Waals surface area (Å²) >= 11 is 0. The molecule has 0 bridgehead atoms. The van der Waals surface area contributed by atoms with Crippen molar-refractivity contribution in [3.8, 4) is 0 Å². The Labute approximate surface area is 154 Å². The molecule has 1 aliphatic heterocycles. The van der Waals surface area contributed by atoms with Crippen molar-refractivity contribution >= 4 is 28.9 Å². The van der Waals surface area contributed by atoms with Crippen LogP contribution >= 0.6 is 0 Å². The van der Waals surface area contributed by atoms with Gasteiger partial charge in [0, 0.05) is 29.4 Å². The van der Waals surface area contributed by atoms with Gasteiger partial charge in [-0.05, 0) is 43.9 Å². The van der Waals surface area contributed by atoms with Crippen LogP contribution in [0.1, 0.15) is 31.2 Å². The molecule has 0 saturated heterocycles. The summed E-state index contributed by atoms with van der Waals surface area (Å²) in [6, 6.07) is 3.59. The zero-order valence-corrected chi connectivity index (χ0v) is 14.4. The largest absolute Gasteiger partial charge is 0.477 e. The number of carbonyl (C=O) groups excluding carboxylic acids is 1. The summed E-state index contributed by atoms with van der Waals surface area (Å²) < 4.78 is 5.60. The standard InChI is InChI=1S/C19H19N3O5/c23-12-5-3-11(4-6-12)22-18-15(19(25)26)16(24)14(27-18)8-10-9-21-17-13(10)2-1-7-20-17/h1-2,7-9,11-12,22-23H,3-6H2,(H,20,21)(H,25,26)/b14-8-/t11-,12-. The molecule has 2 aromatic rings. The Morgan fingerprint density at radius 3 is 2.85 bits per heavy atom. The minimum Gasteiger partial charge on any atom is -0.477 e. The summed E-state index contributed by atoms with van der Waals surface area (Å²) in [7, 11) is 0. The lowest BCUT2D eigenvalue weighted by Crippen LogP contribution is -2.35. The third-order valence-electron chi connectivity index (χ3n) is 4.91. The molecule has 4 N–H and O–H groups in total. The molecule has 8 heteroatoms. The zero-order chi connectivity index (χ0) is 19.0. The highest BCUT2D eigenvalue weighted by Gasteiger charge is 2.37. The molecule has 0 radical (unpaired) electrons. The van der Waals surface area contributed by atoms with E-state index in [2.05, 4.69) is 15.3 Å². The minimum absolute atomic E-state index is 0.0295. The number of pyridine rings is 1. The second kappa shape index (κ2) is 6.88. The predicted molar refractivity (Wildman–Crippen MR) is 96.2 cm³/mol. The first-order chi connectivity index (χ1) is 13.0. The summed E-state index contributed by atoms with van der Waals surface area (Å²) in [5.74, 6) is -2.07. The zero-order valence-electron chi connectivity index (χ0n) is 14.4. The highest BCUT2D eigenvalue weighted by atomic mass is 16.5. The fourth-order valence-electron chi connectivity index (χ4n) is 3.47. The quantitative estimate of drug-likeness (QED) is 0.477. The van der Waals surface area contributed by atoms with Crippen molar-refractivity contribution in [3.05, 3.63) is 47.3 Å². The number of aliphatic carboxylic acids is 1. The number of ether oxygens (including phenoxy) is 1. The average molecular weight is 369 g/mol. The van der Waals surface area contributed by atoms with Crippen LogP contribution in [0.3, 0.4) is 0 Å². The van der Waals surface area contributed by atoms with Gasteiger partial charge in [-0.2, -0.15) is 0 Å². The molecule has 0 unspecified atom stereocenters. The predicted octanol–water partition coefficient (Wildman–Crippen LogP) is 1.69. The number of aliphatic hydroxyl groups is 1. The number of hydrogen-bond donors (Lipinski definition) is 4. The van der Waals surface area contributed by atoms with E-state index < -0.39 is 17.3 Å². The molecule has 0 atom stereocenters. The Morgan fingerprint density at radius 1 is 1.33 bits per heavy atom. The molecule has 8 nitrogen and oxygen atoms in total. The van der Waals surface area contributed by atoms with E-state index in [0.717, 1.165) is 5.39 Å². The summed E-state index contributed by atoms with van der Waals surface area (Å²) in [6.45, 7) is 0. The lowest BCUT2D eigenvalue weighted by atomic mass is 9.93. The molecule has 3 heterocycles. The number of hydrogen-bond acceptors (Lipinski definition) is 6. The normalized spacial score (nSPS) is 24.5. The van der Waals surface area contributed by atoms with Gasteiger partial charge in [-0.3, -0.25) is 4.79 Å². The van der Waals surface area contributed by atoms with Crippen molar-refractivity contribution in [3.63, 3.8) is 0 Å². The van der Waals surface area contributed by atoms with Crippen molar-refractivity contribution in [2.75, 3.05) is 0 Å². The summed E-state index contributed by atoms with van der Waals surface area (Å²) in [4.78, 5) is 31.4. The summed E-state index contributed by atoms with van der Waals surface area (Å²) in [5, 5.41) is 22.9. The number of nitrogens with one attached hydrogen (secondary N) is 2. The molecule has 1 fully saturated rings. The van der Waals surface area contributed by atoms with Crippen LogP contribution in [0.25, 0.3) is 17.1 Å². The van der Waals surface area contributed by atoms with Crippen molar-refractivity contribution in [1.29, 1.82) is 0 Å². The second-order valence-corrected chi connectivity index (χ2v) is 6.74. The number of fused-ring (bicyclic) bond motifs is 1. The fourth-order valence-corrected chi connectivity index (χ4v) is 3.47. The van der Waals surface area contributed by atoms with Crippen LogP contribution in [0.2, 0.25) is 0 Å². The third kappa shape index (κ3) is 3.31. The van der Waals surface area contributed by atoms with Gasteiger partial charge in [0.25, 0.3) is 0 Å².